The Morgan fingerprint density at radius 3 is 1.92 bits per heavy atom. The molecule has 0 aliphatic carbocycles. The first-order chi connectivity index (χ1) is 12.1. The highest BCUT2D eigenvalue weighted by molar-refractivity contribution is 7.80. The lowest BCUT2D eigenvalue weighted by atomic mass is 10.1. The number of benzene rings is 2. The molecule has 1 heterocycles. The fraction of sp³-hybridized carbons (Fsp3) is 0.300. The predicted molar refractivity (Wildman–Crippen MR) is 101 cm³/mol. The van der Waals surface area contributed by atoms with Crippen molar-refractivity contribution in [2.75, 3.05) is 26.2 Å². The molecular formula is C20H22N2O2S. The van der Waals surface area contributed by atoms with Gasteiger partial charge in [-0.2, -0.15) is 0 Å². The Balaban J connectivity index is 1.70. The maximum absolute atomic E-state index is 12.8. The standard InChI is InChI=1S/C20H22N2O2S/c1-15-7-2-3-8-16(15)19(23)21-11-6-12-22(14-13-21)20(24)17-9-4-5-10-18(17)25/h2-5,7-10,25H,6,11-14H2,1H3. The molecule has 1 aliphatic heterocycles. The SMILES string of the molecule is Cc1ccccc1C(=O)N1CCCN(C(=O)c2ccccc2S)CC1. The van der Waals surface area contributed by atoms with Crippen molar-refractivity contribution in [2.45, 2.75) is 18.2 Å². The van der Waals surface area contributed by atoms with Gasteiger partial charge >= 0.3 is 0 Å². The van der Waals surface area contributed by atoms with Crippen LogP contribution in [0.5, 0.6) is 0 Å². The molecule has 0 unspecified atom stereocenters. The van der Waals surface area contributed by atoms with Crippen LogP contribution >= 0.6 is 12.6 Å². The van der Waals surface area contributed by atoms with Crippen LogP contribution in [0.3, 0.4) is 0 Å². The van der Waals surface area contributed by atoms with Gasteiger partial charge in [-0.3, -0.25) is 9.59 Å². The van der Waals surface area contributed by atoms with E-state index < -0.39 is 0 Å². The van der Waals surface area contributed by atoms with Gasteiger partial charge < -0.3 is 9.80 Å². The average Bonchev–Trinajstić information content (AvgIpc) is 2.87. The molecule has 0 atom stereocenters. The molecule has 1 aliphatic rings. The summed E-state index contributed by atoms with van der Waals surface area (Å²) in [6, 6.07) is 15.0. The van der Waals surface area contributed by atoms with Crippen LogP contribution in [0.1, 0.15) is 32.7 Å². The van der Waals surface area contributed by atoms with E-state index in [0.29, 0.717) is 36.6 Å². The summed E-state index contributed by atoms with van der Waals surface area (Å²) in [6.45, 7) is 4.36. The molecule has 2 aromatic carbocycles. The van der Waals surface area contributed by atoms with Gasteiger partial charge in [-0.15, -0.1) is 12.6 Å². The number of amides is 2. The van der Waals surface area contributed by atoms with Crippen LogP contribution in [0.25, 0.3) is 0 Å². The molecule has 2 aromatic rings. The van der Waals surface area contributed by atoms with Gasteiger partial charge in [0.2, 0.25) is 0 Å². The molecule has 0 aromatic heterocycles. The molecule has 1 fully saturated rings. The quantitative estimate of drug-likeness (QED) is 0.841. The Morgan fingerprint density at radius 2 is 1.32 bits per heavy atom. The molecule has 1 saturated heterocycles. The molecule has 0 spiro atoms. The summed E-state index contributed by atoms with van der Waals surface area (Å²) in [5.41, 5.74) is 2.33. The molecule has 0 radical (unpaired) electrons. The second-order valence-corrected chi connectivity index (χ2v) is 6.75. The number of carbonyl (C=O) groups excluding carboxylic acids is 2. The number of carbonyl (C=O) groups is 2. The maximum Gasteiger partial charge on any atom is 0.255 e. The number of hydrogen-bond acceptors (Lipinski definition) is 3. The lowest BCUT2D eigenvalue weighted by Crippen LogP contribution is -2.37. The van der Waals surface area contributed by atoms with Crippen molar-refractivity contribution < 1.29 is 9.59 Å². The molecule has 5 heteroatoms. The summed E-state index contributed by atoms with van der Waals surface area (Å²) in [6.07, 6.45) is 0.776. The number of aryl methyl sites for hydroxylation is 1. The topological polar surface area (TPSA) is 40.6 Å². The van der Waals surface area contributed by atoms with E-state index in [1.54, 1.807) is 6.07 Å². The molecule has 130 valence electrons. The number of hydrogen-bond donors (Lipinski definition) is 1. The number of nitrogens with zero attached hydrogens (tertiary/aromatic N) is 2. The Bertz CT molecular complexity index is 725. The molecule has 4 nitrogen and oxygen atoms in total. The van der Waals surface area contributed by atoms with Gasteiger partial charge in [0.05, 0.1) is 5.56 Å². The van der Waals surface area contributed by atoms with Crippen molar-refractivity contribution in [3.63, 3.8) is 0 Å². The first kappa shape index (κ1) is 17.5. The molecule has 2 amide bonds. The van der Waals surface area contributed by atoms with E-state index in [2.05, 4.69) is 12.6 Å². The highest BCUT2D eigenvalue weighted by atomic mass is 32.1. The molecule has 3 rings (SSSR count). The van der Waals surface area contributed by atoms with E-state index in [-0.39, 0.29) is 11.8 Å². The van der Waals surface area contributed by atoms with Gasteiger partial charge in [0, 0.05) is 36.6 Å². The normalized spacial score (nSPS) is 15.0. The zero-order valence-corrected chi connectivity index (χ0v) is 15.2. The van der Waals surface area contributed by atoms with Crippen LogP contribution in [-0.2, 0) is 0 Å². The van der Waals surface area contributed by atoms with Crippen molar-refractivity contribution in [3.8, 4) is 0 Å². The average molecular weight is 354 g/mol. The van der Waals surface area contributed by atoms with E-state index >= 15 is 0 Å². The second-order valence-electron chi connectivity index (χ2n) is 6.27. The molecule has 25 heavy (non-hydrogen) atoms. The van der Waals surface area contributed by atoms with Gasteiger partial charge in [0.1, 0.15) is 0 Å². The molecular weight excluding hydrogens is 332 g/mol. The summed E-state index contributed by atoms with van der Waals surface area (Å²) < 4.78 is 0. The lowest BCUT2D eigenvalue weighted by molar-refractivity contribution is 0.0716. The van der Waals surface area contributed by atoms with Crippen LogP contribution < -0.4 is 0 Å². The minimum Gasteiger partial charge on any atom is -0.337 e. The van der Waals surface area contributed by atoms with Crippen molar-refractivity contribution in [1.82, 2.24) is 9.80 Å². The molecule has 0 bridgehead atoms. The minimum absolute atomic E-state index is 0.0178. The fourth-order valence-corrected chi connectivity index (χ4v) is 3.39. The van der Waals surface area contributed by atoms with E-state index in [9.17, 15) is 9.59 Å². The first-order valence-electron chi connectivity index (χ1n) is 8.50. The van der Waals surface area contributed by atoms with Crippen molar-refractivity contribution >= 4 is 24.4 Å². The van der Waals surface area contributed by atoms with Crippen LogP contribution in [-0.4, -0.2) is 47.8 Å². The smallest absolute Gasteiger partial charge is 0.255 e. The largest absolute Gasteiger partial charge is 0.337 e. The molecule has 0 N–H and O–H groups in total. The summed E-state index contributed by atoms with van der Waals surface area (Å²) >= 11 is 4.38. The Kier molecular flexibility index (Phi) is 5.43. The van der Waals surface area contributed by atoms with Crippen LogP contribution in [0.2, 0.25) is 0 Å². The van der Waals surface area contributed by atoms with Gasteiger partial charge in [-0.05, 0) is 37.1 Å². The van der Waals surface area contributed by atoms with E-state index in [1.165, 1.54) is 0 Å². The lowest BCUT2D eigenvalue weighted by Gasteiger charge is -2.23. The van der Waals surface area contributed by atoms with Crippen molar-refractivity contribution in [2.24, 2.45) is 0 Å². The maximum atomic E-state index is 12.8. The highest BCUT2D eigenvalue weighted by Gasteiger charge is 2.24. The van der Waals surface area contributed by atoms with E-state index in [4.69, 9.17) is 0 Å². The highest BCUT2D eigenvalue weighted by Crippen LogP contribution is 2.18. The zero-order chi connectivity index (χ0) is 17.8. The Labute approximate surface area is 153 Å². The third kappa shape index (κ3) is 3.87. The van der Waals surface area contributed by atoms with Crippen molar-refractivity contribution in [3.05, 3.63) is 65.2 Å². The zero-order valence-electron chi connectivity index (χ0n) is 14.3. The number of rotatable bonds is 2. The van der Waals surface area contributed by atoms with Crippen LogP contribution in [0, 0.1) is 6.92 Å². The van der Waals surface area contributed by atoms with Gasteiger partial charge in [-0.25, -0.2) is 0 Å². The third-order valence-corrected chi connectivity index (χ3v) is 4.97. The van der Waals surface area contributed by atoms with Gasteiger partial charge in [0.25, 0.3) is 11.8 Å². The van der Waals surface area contributed by atoms with Gasteiger partial charge in [0.15, 0.2) is 0 Å². The monoisotopic (exact) mass is 354 g/mol. The van der Waals surface area contributed by atoms with Crippen LogP contribution in [0.15, 0.2) is 53.4 Å². The second kappa shape index (κ2) is 7.74. The molecule has 0 saturated carbocycles. The van der Waals surface area contributed by atoms with E-state index in [0.717, 1.165) is 17.5 Å². The summed E-state index contributed by atoms with van der Waals surface area (Å²) in [5.74, 6) is 0.0257. The van der Waals surface area contributed by atoms with Gasteiger partial charge in [-0.1, -0.05) is 30.3 Å². The fourth-order valence-electron chi connectivity index (χ4n) is 3.13. The Hall–Kier alpha value is -2.27. The van der Waals surface area contributed by atoms with E-state index in [1.807, 2.05) is 59.2 Å². The van der Waals surface area contributed by atoms with Crippen molar-refractivity contribution in [1.29, 1.82) is 0 Å². The summed E-state index contributed by atoms with van der Waals surface area (Å²) in [5, 5.41) is 0. The number of thiol groups is 1. The van der Waals surface area contributed by atoms with Crippen LogP contribution in [0.4, 0.5) is 0 Å². The first-order valence-corrected chi connectivity index (χ1v) is 8.95. The summed E-state index contributed by atoms with van der Waals surface area (Å²) in [7, 11) is 0. The third-order valence-electron chi connectivity index (χ3n) is 4.58. The predicted octanol–water partition coefficient (Wildman–Crippen LogP) is 3.27. The minimum atomic E-state index is -0.0178. The Morgan fingerprint density at radius 1 is 0.800 bits per heavy atom. The summed E-state index contributed by atoms with van der Waals surface area (Å²) in [4.78, 5) is 29.9.